The minimum absolute atomic E-state index is 0.544. The lowest BCUT2D eigenvalue weighted by Crippen LogP contribution is -2.21. The zero-order valence-electron chi connectivity index (χ0n) is 6.83. The second kappa shape index (κ2) is 3.25. The molecular formula is C9H10BN. The van der Waals surface area contributed by atoms with Gasteiger partial charge in [-0.25, -0.2) is 0 Å². The largest absolute Gasteiger partial charge is 0.192 e. The molecule has 2 heteroatoms. The van der Waals surface area contributed by atoms with Crippen LogP contribution >= 0.6 is 0 Å². The predicted octanol–water partition coefficient (Wildman–Crippen LogP) is 1.52. The van der Waals surface area contributed by atoms with Crippen LogP contribution in [0.1, 0.15) is 5.56 Å². The molecule has 0 unspecified atom stereocenters. The van der Waals surface area contributed by atoms with Crippen LogP contribution in [0.4, 0.5) is 0 Å². The number of nitrogens with zero attached hydrogens (tertiary/aromatic N) is 1. The van der Waals surface area contributed by atoms with Crippen LogP contribution < -0.4 is 5.46 Å². The maximum absolute atomic E-state index is 8.52. The first-order valence-corrected chi connectivity index (χ1v) is 3.74. The van der Waals surface area contributed by atoms with E-state index in [9.17, 15) is 0 Å². The van der Waals surface area contributed by atoms with Crippen LogP contribution in [-0.2, 0) is 0 Å². The van der Waals surface area contributed by atoms with Crippen LogP contribution in [0, 0.1) is 11.3 Å². The second-order valence-corrected chi connectivity index (χ2v) is 2.89. The maximum atomic E-state index is 8.52. The smallest absolute Gasteiger partial charge is 0.169 e. The van der Waals surface area contributed by atoms with E-state index in [1.165, 1.54) is 5.46 Å². The van der Waals surface area contributed by atoms with Gasteiger partial charge in [0.05, 0.1) is 11.6 Å². The van der Waals surface area contributed by atoms with Crippen LogP contribution in [-0.4, -0.2) is 6.71 Å². The summed E-state index contributed by atoms with van der Waals surface area (Å²) in [4.78, 5) is 0. The van der Waals surface area contributed by atoms with E-state index in [4.69, 9.17) is 5.26 Å². The molecule has 1 nitrogen and oxygen atoms in total. The van der Waals surface area contributed by atoms with Crippen LogP contribution in [0.15, 0.2) is 24.3 Å². The molecule has 0 bridgehead atoms. The Morgan fingerprint density at radius 2 is 1.73 bits per heavy atom. The molecular weight excluding hydrogens is 133 g/mol. The Morgan fingerprint density at radius 1 is 1.18 bits per heavy atom. The normalized spacial score (nSPS) is 8.82. The molecule has 0 atom stereocenters. The van der Waals surface area contributed by atoms with Crippen molar-refractivity contribution < 1.29 is 0 Å². The third kappa shape index (κ3) is 1.85. The van der Waals surface area contributed by atoms with Crippen molar-refractivity contribution in [2.24, 2.45) is 0 Å². The van der Waals surface area contributed by atoms with Crippen LogP contribution in [0.2, 0.25) is 13.6 Å². The Balaban J connectivity index is 2.94. The van der Waals surface area contributed by atoms with Gasteiger partial charge in [0.25, 0.3) is 0 Å². The molecule has 0 aliphatic carbocycles. The van der Waals surface area contributed by atoms with Gasteiger partial charge in [0.2, 0.25) is 0 Å². The molecule has 0 aliphatic rings. The summed E-state index contributed by atoms with van der Waals surface area (Å²) >= 11 is 0. The monoisotopic (exact) mass is 143 g/mol. The molecule has 54 valence electrons. The zero-order valence-corrected chi connectivity index (χ0v) is 6.83. The Hall–Kier alpha value is -1.23. The molecule has 11 heavy (non-hydrogen) atoms. The first-order chi connectivity index (χ1) is 5.24. The predicted molar refractivity (Wildman–Crippen MR) is 48.3 cm³/mol. The van der Waals surface area contributed by atoms with Crippen molar-refractivity contribution in [1.29, 1.82) is 5.26 Å². The van der Waals surface area contributed by atoms with E-state index in [0.717, 1.165) is 5.56 Å². The van der Waals surface area contributed by atoms with E-state index >= 15 is 0 Å². The van der Waals surface area contributed by atoms with Crippen molar-refractivity contribution in [3.05, 3.63) is 29.8 Å². The minimum atomic E-state index is 0.544. The summed E-state index contributed by atoms with van der Waals surface area (Å²) in [5.74, 6) is 0. The van der Waals surface area contributed by atoms with Crippen LogP contribution in [0.5, 0.6) is 0 Å². The maximum Gasteiger partial charge on any atom is 0.169 e. The van der Waals surface area contributed by atoms with Crippen molar-refractivity contribution in [3.63, 3.8) is 0 Å². The first kappa shape index (κ1) is 7.88. The fourth-order valence-corrected chi connectivity index (χ4v) is 0.943. The summed E-state index contributed by atoms with van der Waals surface area (Å²) in [7, 11) is 0. The molecule has 1 rings (SSSR count). The molecule has 1 aromatic carbocycles. The highest BCUT2D eigenvalue weighted by molar-refractivity contribution is 6.70. The van der Waals surface area contributed by atoms with E-state index in [1.807, 2.05) is 24.3 Å². The van der Waals surface area contributed by atoms with Gasteiger partial charge in [0.1, 0.15) is 0 Å². The highest BCUT2D eigenvalue weighted by Gasteiger charge is 2.00. The standard InChI is InChI=1S/C9H10BN/c1-10(2)9-5-3-8(7-11)4-6-9/h3-6H,1-2H3. The van der Waals surface area contributed by atoms with Crippen molar-refractivity contribution in [1.82, 2.24) is 0 Å². The molecule has 0 heterocycles. The summed E-state index contributed by atoms with van der Waals surface area (Å²) in [5.41, 5.74) is 2.01. The summed E-state index contributed by atoms with van der Waals surface area (Å²) in [6.45, 7) is 4.82. The van der Waals surface area contributed by atoms with Crippen LogP contribution in [0.3, 0.4) is 0 Å². The Labute approximate surface area is 67.7 Å². The van der Waals surface area contributed by atoms with Crippen molar-refractivity contribution >= 4 is 12.2 Å². The van der Waals surface area contributed by atoms with Crippen LogP contribution in [0.25, 0.3) is 0 Å². The number of benzene rings is 1. The van der Waals surface area contributed by atoms with Gasteiger partial charge in [-0.05, 0) is 12.1 Å². The number of hydrogen-bond acceptors (Lipinski definition) is 1. The van der Waals surface area contributed by atoms with Gasteiger partial charge in [0.15, 0.2) is 6.71 Å². The molecule has 0 amide bonds. The average Bonchev–Trinajstić information content (AvgIpc) is 2.05. The summed E-state index contributed by atoms with van der Waals surface area (Å²) in [6.07, 6.45) is 0. The van der Waals surface area contributed by atoms with Gasteiger partial charge in [-0.2, -0.15) is 5.26 Å². The second-order valence-electron chi connectivity index (χ2n) is 2.89. The topological polar surface area (TPSA) is 23.8 Å². The molecule has 0 spiro atoms. The van der Waals surface area contributed by atoms with Gasteiger partial charge >= 0.3 is 0 Å². The lowest BCUT2D eigenvalue weighted by Gasteiger charge is -1.99. The lowest BCUT2D eigenvalue weighted by molar-refractivity contribution is 1.49. The molecule has 0 radical (unpaired) electrons. The Bertz CT molecular complexity index is 269. The fourth-order valence-electron chi connectivity index (χ4n) is 0.943. The number of rotatable bonds is 1. The van der Waals surface area contributed by atoms with Gasteiger partial charge in [-0.3, -0.25) is 0 Å². The van der Waals surface area contributed by atoms with E-state index in [0.29, 0.717) is 6.71 Å². The third-order valence-electron chi connectivity index (χ3n) is 1.71. The highest BCUT2D eigenvalue weighted by atomic mass is 14.2. The minimum Gasteiger partial charge on any atom is -0.192 e. The molecule has 0 saturated heterocycles. The highest BCUT2D eigenvalue weighted by Crippen LogP contribution is 1.94. The molecule has 0 saturated carbocycles. The molecule has 0 aliphatic heterocycles. The number of nitriles is 1. The van der Waals surface area contributed by atoms with Crippen molar-refractivity contribution in [2.75, 3.05) is 0 Å². The molecule has 0 fully saturated rings. The van der Waals surface area contributed by atoms with E-state index in [-0.39, 0.29) is 0 Å². The van der Waals surface area contributed by atoms with Crippen molar-refractivity contribution in [2.45, 2.75) is 13.6 Å². The molecule has 0 aromatic heterocycles. The summed E-state index contributed by atoms with van der Waals surface area (Å²) in [6, 6.07) is 9.81. The summed E-state index contributed by atoms with van der Waals surface area (Å²) in [5, 5.41) is 8.52. The first-order valence-electron chi connectivity index (χ1n) is 3.74. The van der Waals surface area contributed by atoms with Gasteiger partial charge in [-0.15, -0.1) is 0 Å². The number of hydrogen-bond donors (Lipinski definition) is 0. The van der Waals surface area contributed by atoms with E-state index < -0.39 is 0 Å². The van der Waals surface area contributed by atoms with Crippen molar-refractivity contribution in [3.8, 4) is 6.07 Å². The molecule has 1 aromatic rings. The lowest BCUT2D eigenvalue weighted by atomic mass is 9.49. The quantitative estimate of drug-likeness (QED) is 0.546. The molecule has 0 N–H and O–H groups in total. The van der Waals surface area contributed by atoms with Gasteiger partial charge < -0.3 is 0 Å². The summed E-state index contributed by atoms with van der Waals surface area (Å²) < 4.78 is 0. The van der Waals surface area contributed by atoms with E-state index in [1.54, 1.807) is 0 Å². The Kier molecular flexibility index (Phi) is 2.33. The third-order valence-corrected chi connectivity index (χ3v) is 1.71. The Morgan fingerprint density at radius 3 is 2.09 bits per heavy atom. The SMILES string of the molecule is CB(C)c1ccc(C#N)cc1. The average molecular weight is 143 g/mol. The van der Waals surface area contributed by atoms with E-state index in [2.05, 4.69) is 19.7 Å². The van der Waals surface area contributed by atoms with Gasteiger partial charge in [-0.1, -0.05) is 31.2 Å². The van der Waals surface area contributed by atoms with Gasteiger partial charge in [0, 0.05) is 0 Å². The zero-order chi connectivity index (χ0) is 8.27. The fraction of sp³-hybridized carbons (Fsp3) is 0.222.